The Bertz CT molecular complexity index is 1290. The smallest absolute Gasteiger partial charge is 0.256 e. The Hall–Kier alpha value is -3.79. The van der Waals surface area contributed by atoms with Gasteiger partial charge in [-0.1, -0.05) is 0 Å². The molecule has 0 spiro atoms. The lowest BCUT2D eigenvalue weighted by atomic mass is 10.0. The van der Waals surface area contributed by atoms with Crippen LogP contribution < -0.4 is 21.3 Å². The number of benzene rings is 1. The molecule has 10 heteroatoms. The molecule has 1 fully saturated rings. The second-order valence-corrected chi connectivity index (χ2v) is 9.97. The zero-order valence-corrected chi connectivity index (χ0v) is 21.7. The number of amides is 1. The molecule has 5 rings (SSSR count). The monoisotopic (exact) mass is 489 g/mol. The van der Waals surface area contributed by atoms with E-state index in [2.05, 4.69) is 50.4 Å². The number of fused-ring (bicyclic) bond motifs is 1. The Morgan fingerprint density at radius 3 is 2.44 bits per heavy atom. The Balaban J connectivity index is 1.43. The minimum absolute atomic E-state index is 0.0205. The summed E-state index contributed by atoms with van der Waals surface area (Å²) in [5, 5.41) is 11.1. The van der Waals surface area contributed by atoms with Gasteiger partial charge in [-0.25, -0.2) is 4.98 Å². The van der Waals surface area contributed by atoms with Crippen LogP contribution in [0, 0.1) is 6.92 Å². The van der Waals surface area contributed by atoms with Crippen LogP contribution in [0.15, 0.2) is 30.6 Å². The third kappa shape index (κ3) is 4.44. The highest BCUT2D eigenvalue weighted by Gasteiger charge is 2.32. The van der Waals surface area contributed by atoms with Crippen LogP contribution >= 0.6 is 0 Å². The number of aromatic nitrogens is 3. The van der Waals surface area contributed by atoms with Crippen molar-refractivity contribution in [3.63, 3.8) is 0 Å². The number of nitrogen functional groups attached to an aromatic ring is 1. The molecule has 0 radical (unpaired) electrons. The van der Waals surface area contributed by atoms with E-state index in [1.165, 1.54) is 0 Å². The number of nitrogens with one attached hydrogen (secondary N) is 2. The lowest BCUT2D eigenvalue weighted by Gasteiger charge is -2.39. The predicted octanol–water partition coefficient (Wildman–Crippen LogP) is 3.31. The fourth-order valence-electron chi connectivity index (χ4n) is 5.07. The molecule has 1 saturated heterocycles. The molecule has 0 bridgehead atoms. The van der Waals surface area contributed by atoms with Gasteiger partial charge in [0.2, 0.25) is 0 Å². The van der Waals surface area contributed by atoms with E-state index in [-0.39, 0.29) is 5.91 Å². The van der Waals surface area contributed by atoms with Gasteiger partial charge in [0.05, 0.1) is 40.2 Å². The van der Waals surface area contributed by atoms with Crippen molar-refractivity contribution in [2.24, 2.45) is 7.05 Å². The molecule has 10 nitrogen and oxygen atoms in total. The summed E-state index contributed by atoms with van der Waals surface area (Å²) in [6.45, 7) is 11.0. The number of nitrogens with two attached hydrogens (primary N) is 1. The van der Waals surface area contributed by atoms with Crippen LogP contribution in [-0.2, 0) is 13.6 Å². The average Bonchev–Trinajstić information content (AvgIpc) is 3.33. The molecular weight excluding hydrogens is 454 g/mol. The maximum absolute atomic E-state index is 13.2. The number of anilines is 6. The van der Waals surface area contributed by atoms with Gasteiger partial charge >= 0.3 is 0 Å². The molecule has 36 heavy (non-hydrogen) atoms. The summed E-state index contributed by atoms with van der Waals surface area (Å²) < 4.78 is 1.75. The van der Waals surface area contributed by atoms with Gasteiger partial charge in [-0.3, -0.25) is 14.4 Å². The van der Waals surface area contributed by atoms with Crippen LogP contribution in [-0.4, -0.2) is 69.7 Å². The van der Waals surface area contributed by atoms with Crippen molar-refractivity contribution >= 4 is 40.2 Å². The van der Waals surface area contributed by atoms with Gasteiger partial charge in [0.1, 0.15) is 5.82 Å². The molecule has 0 unspecified atom stereocenters. The van der Waals surface area contributed by atoms with Crippen LogP contribution in [0.5, 0.6) is 0 Å². The van der Waals surface area contributed by atoms with Crippen LogP contribution in [0.25, 0.3) is 0 Å². The normalized spacial score (nSPS) is 16.1. The molecule has 3 aromatic rings. The number of carbonyl (C=O) groups is 1. The number of carbonyl (C=O) groups excluding carboxylic acids is 1. The molecule has 2 aliphatic heterocycles. The maximum atomic E-state index is 13.2. The minimum Gasteiger partial charge on any atom is -0.396 e. The summed E-state index contributed by atoms with van der Waals surface area (Å²) in [5.74, 6) is 0.662. The van der Waals surface area contributed by atoms with Crippen LogP contribution in [0.1, 0.15) is 35.5 Å². The quantitative estimate of drug-likeness (QED) is 0.484. The zero-order valence-electron chi connectivity index (χ0n) is 21.7. The van der Waals surface area contributed by atoms with Crippen LogP contribution in [0.3, 0.4) is 0 Å². The summed E-state index contributed by atoms with van der Waals surface area (Å²) >= 11 is 0. The number of hydrogen-bond donors (Lipinski definition) is 3. The summed E-state index contributed by atoms with van der Waals surface area (Å²) in [6, 6.07) is 6.53. The molecule has 4 heterocycles. The van der Waals surface area contributed by atoms with Gasteiger partial charge in [0.15, 0.2) is 0 Å². The van der Waals surface area contributed by atoms with E-state index in [0.29, 0.717) is 29.8 Å². The highest BCUT2D eigenvalue weighted by atomic mass is 16.2. The third-order valence-corrected chi connectivity index (χ3v) is 7.11. The van der Waals surface area contributed by atoms with E-state index >= 15 is 0 Å². The van der Waals surface area contributed by atoms with Gasteiger partial charge in [-0.2, -0.15) is 5.10 Å². The molecule has 1 amide bonds. The van der Waals surface area contributed by atoms with Gasteiger partial charge < -0.3 is 26.2 Å². The zero-order chi connectivity index (χ0) is 25.6. The van der Waals surface area contributed by atoms with Crippen molar-refractivity contribution in [3.8, 4) is 0 Å². The van der Waals surface area contributed by atoms with E-state index in [0.717, 1.165) is 60.1 Å². The first kappa shape index (κ1) is 23.9. The number of piperazine rings is 1. The van der Waals surface area contributed by atoms with Crippen molar-refractivity contribution in [3.05, 3.63) is 47.4 Å². The van der Waals surface area contributed by atoms with Crippen LogP contribution in [0.2, 0.25) is 0 Å². The number of aryl methyl sites for hydroxylation is 2. The van der Waals surface area contributed by atoms with E-state index in [4.69, 9.17) is 5.73 Å². The highest BCUT2D eigenvalue weighted by molar-refractivity contribution is 6.06. The van der Waals surface area contributed by atoms with Crippen LogP contribution in [0.4, 0.5) is 34.3 Å². The summed E-state index contributed by atoms with van der Waals surface area (Å²) in [4.78, 5) is 24.3. The fraction of sp³-hybridized carbons (Fsp3) is 0.423. The average molecular weight is 490 g/mol. The lowest BCUT2D eigenvalue weighted by Crippen LogP contribution is -2.49. The van der Waals surface area contributed by atoms with Crippen molar-refractivity contribution in [2.75, 3.05) is 54.5 Å². The second-order valence-electron chi connectivity index (χ2n) is 9.97. The Kier molecular flexibility index (Phi) is 6.21. The van der Waals surface area contributed by atoms with Gasteiger partial charge in [0, 0.05) is 76.4 Å². The molecule has 0 aliphatic carbocycles. The highest BCUT2D eigenvalue weighted by Crippen LogP contribution is 2.38. The molecule has 1 aromatic carbocycles. The standard InChI is InChI=1S/C26H35N9O/c1-16(2)34-8-10-35(11-9-34)23-7-6-20(25-18(23)14-32(4)26(25)36)29-21-12-24(28-13-19(21)27)30-22-15-33(5)31-17(22)3/h6-7,12-13,15-16H,8-11,14,27H2,1-5H3,(H2,28,29,30). The fourth-order valence-corrected chi connectivity index (χ4v) is 5.07. The summed E-state index contributed by atoms with van der Waals surface area (Å²) in [7, 11) is 3.73. The maximum Gasteiger partial charge on any atom is 0.256 e. The molecule has 0 atom stereocenters. The van der Waals surface area contributed by atoms with E-state index < -0.39 is 0 Å². The number of nitrogens with zero attached hydrogens (tertiary/aromatic N) is 6. The molecule has 0 saturated carbocycles. The van der Waals surface area contributed by atoms with Crippen molar-refractivity contribution < 1.29 is 4.79 Å². The largest absolute Gasteiger partial charge is 0.396 e. The third-order valence-electron chi connectivity index (χ3n) is 7.11. The number of hydrogen-bond acceptors (Lipinski definition) is 8. The Labute approximate surface area is 212 Å². The van der Waals surface area contributed by atoms with Gasteiger partial charge in [0.25, 0.3) is 5.91 Å². The first-order valence-electron chi connectivity index (χ1n) is 12.4. The predicted molar refractivity (Wildman–Crippen MR) is 144 cm³/mol. The topological polar surface area (TPSA) is 108 Å². The number of rotatable bonds is 6. The first-order chi connectivity index (χ1) is 17.2. The van der Waals surface area contributed by atoms with E-state index in [1.54, 1.807) is 15.8 Å². The van der Waals surface area contributed by atoms with Crippen molar-refractivity contribution in [2.45, 2.75) is 33.4 Å². The van der Waals surface area contributed by atoms with E-state index in [1.807, 2.05) is 39.3 Å². The van der Waals surface area contributed by atoms with Crippen molar-refractivity contribution in [1.29, 1.82) is 0 Å². The molecule has 2 aromatic heterocycles. The molecule has 2 aliphatic rings. The Morgan fingerprint density at radius 2 is 1.78 bits per heavy atom. The number of pyridine rings is 1. The molecule has 190 valence electrons. The van der Waals surface area contributed by atoms with Gasteiger partial charge in [-0.15, -0.1) is 0 Å². The lowest BCUT2D eigenvalue weighted by molar-refractivity contribution is 0.0817. The minimum atomic E-state index is 0.0205. The van der Waals surface area contributed by atoms with Gasteiger partial charge in [-0.05, 0) is 32.9 Å². The van der Waals surface area contributed by atoms with Crippen molar-refractivity contribution in [1.82, 2.24) is 24.6 Å². The summed E-state index contributed by atoms with van der Waals surface area (Å²) in [5.41, 5.74) is 12.9. The van der Waals surface area contributed by atoms with E-state index in [9.17, 15) is 4.79 Å². The second kappa shape index (κ2) is 9.34. The first-order valence-corrected chi connectivity index (χ1v) is 12.4. The summed E-state index contributed by atoms with van der Waals surface area (Å²) in [6.07, 6.45) is 3.52. The molecule has 4 N–H and O–H groups in total. The SMILES string of the molecule is Cc1nn(C)cc1Nc1cc(Nc2ccc(N3CCN(C(C)C)CC3)c3c2C(=O)N(C)C3)c(N)cn1. The molecular formula is C26H35N9O. The Morgan fingerprint density at radius 1 is 1.03 bits per heavy atom.